The standard InChI is InChI=1S/C20H21/c1-2-3-4-5-9-16-12-8-13-19-14-17-10-6-7-11-18(17)15-20(16)19/h6-15H,2-5H2,1H3. The quantitative estimate of drug-likeness (QED) is 0.383. The zero-order chi connectivity index (χ0) is 13.8. The lowest BCUT2D eigenvalue weighted by Gasteiger charge is -2.08. The van der Waals surface area contributed by atoms with Crippen LogP contribution in [0.5, 0.6) is 0 Å². The maximum absolute atomic E-state index is 2.40. The van der Waals surface area contributed by atoms with E-state index in [2.05, 4.69) is 67.9 Å². The van der Waals surface area contributed by atoms with Gasteiger partial charge in [-0.3, -0.25) is 0 Å². The van der Waals surface area contributed by atoms with Crippen LogP contribution in [0.2, 0.25) is 0 Å². The first-order valence-corrected chi connectivity index (χ1v) is 7.63. The number of rotatable bonds is 5. The number of hydrogen-bond acceptors (Lipinski definition) is 0. The summed E-state index contributed by atoms with van der Waals surface area (Å²) in [5, 5.41) is 5.37. The molecule has 0 heteroatoms. The Balaban J connectivity index is 1.97. The summed E-state index contributed by atoms with van der Waals surface area (Å²) in [7, 11) is 0. The summed E-state index contributed by atoms with van der Waals surface area (Å²) in [4.78, 5) is 0. The molecule has 3 aromatic carbocycles. The highest BCUT2D eigenvalue weighted by Gasteiger charge is 2.03. The average molecular weight is 261 g/mol. The molecule has 0 aliphatic rings. The fraction of sp³-hybridized carbons (Fsp3) is 0.250. The van der Waals surface area contributed by atoms with Crippen LogP contribution in [0.3, 0.4) is 0 Å². The molecule has 0 spiro atoms. The van der Waals surface area contributed by atoms with Crippen molar-refractivity contribution in [3.05, 3.63) is 66.6 Å². The van der Waals surface area contributed by atoms with Crippen LogP contribution < -0.4 is 0 Å². The molecule has 0 N–H and O–H groups in total. The van der Waals surface area contributed by atoms with Gasteiger partial charge in [0.2, 0.25) is 0 Å². The normalized spacial score (nSPS) is 11.2. The van der Waals surface area contributed by atoms with Crippen molar-refractivity contribution in [1.82, 2.24) is 0 Å². The molecule has 101 valence electrons. The largest absolute Gasteiger partial charge is 0.0654 e. The number of benzene rings is 3. The summed E-state index contributed by atoms with van der Waals surface area (Å²) in [6.07, 6.45) is 7.48. The Kier molecular flexibility index (Phi) is 4.01. The molecule has 3 rings (SSSR count). The highest BCUT2D eigenvalue weighted by atomic mass is 14.1. The summed E-state index contributed by atoms with van der Waals surface area (Å²) < 4.78 is 0. The summed E-state index contributed by atoms with van der Waals surface area (Å²) in [5.74, 6) is 0. The monoisotopic (exact) mass is 261 g/mol. The Morgan fingerprint density at radius 2 is 1.55 bits per heavy atom. The molecule has 1 radical (unpaired) electrons. The molecule has 0 aromatic heterocycles. The molecular weight excluding hydrogens is 240 g/mol. The molecule has 20 heavy (non-hydrogen) atoms. The Bertz CT molecular complexity index is 709. The van der Waals surface area contributed by atoms with E-state index in [9.17, 15) is 0 Å². The minimum absolute atomic E-state index is 1.18. The smallest absolute Gasteiger partial charge is 0.00867 e. The molecule has 3 aromatic rings. The summed E-state index contributed by atoms with van der Waals surface area (Å²) in [6.45, 7) is 2.25. The van der Waals surface area contributed by atoms with Crippen LogP contribution in [0.25, 0.3) is 21.5 Å². The molecule has 0 amide bonds. The molecule has 0 atom stereocenters. The van der Waals surface area contributed by atoms with Gasteiger partial charge in [0.25, 0.3) is 0 Å². The van der Waals surface area contributed by atoms with Gasteiger partial charge in [0, 0.05) is 0 Å². The van der Waals surface area contributed by atoms with Crippen LogP contribution in [0, 0.1) is 6.42 Å². The maximum Gasteiger partial charge on any atom is -0.00867 e. The van der Waals surface area contributed by atoms with Crippen molar-refractivity contribution >= 4 is 21.5 Å². The zero-order valence-corrected chi connectivity index (χ0v) is 12.1. The topological polar surface area (TPSA) is 0 Å². The second-order valence-electron chi connectivity index (χ2n) is 5.47. The predicted octanol–water partition coefficient (Wildman–Crippen LogP) is 6.13. The van der Waals surface area contributed by atoms with Gasteiger partial charge in [-0.25, -0.2) is 0 Å². The van der Waals surface area contributed by atoms with Crippen molar-refractivity contribution in [2.75, 3.05) is 0 Å². The van der Waals surface area contributed by atoms with Gasteiger partial charge in [-0.2, -0.15) is 0 Å². The minimum Gasteiger partial charge on any atom is -0.0654 e. The van der Waals surface area contributed by atoms with E-state index in [1.165, 1.54) is 52.8 Å². The van der Waals surface area contributed by atoms with E-state index in [1.807, 2.05) is 0 Å². The summed E-state index contributed by atoms with van der Waals surface area (Å²) >= 11 is 0. The van der Waals surface area contributed by atoms with Gasteiger partial charge >= 0.3 is 0 Å². The van der Waals surface area contributed by atoms with Gasteiger partial charge in [-0.1, -0.05) is 68.7 Å². The van der Waals surface area contributed by atoms with Crippen LogP contribution in [-0.2, 0) is 0 Å². The van der Waals surface area contributed by atoms with Gasteiger partial charge in [0.15, 0.2) is 0 Å². The minimum atomic E-state index is 1.18. The summed E-state index contributed by atoms with van der Waals surface area (Å²) in [5.41, 5.74) is 1.38. The molecule has 0 heterocycles. The molecule has 0 fully saturated rings. The van der Waals surface area contributed by atoms with Crippen molar-refractivity contribution in [3.63, 3.8) is 0 Å². The van der Waals surface area contributed by atoms with Crippen LogP contribution in [-0.4, -0.2) is 0 Å². The van der Waals surface area contributed by atoms with E-state index in [0.29, 0.717) is 0 Å². The van der Waals surface area contributed by atoms with E-state index in [-0.39, 0.29) is 0 Å². The molecule has 0 unspecified atom stereocenters. The predicted molar refractivity (Wildman–Crippen MR) is 89.0 cm³/mol. The SMILES string of the molecule is CCCCC[CH]c1cccc2cc3ccccc3cc12. The van der Waals surface area contributed by atoms with Crippen LogP contribution in [0.1, 0.15) is 38.2 Å². The number of fused-ring (bicyclic) bond motifs is 2. The number of hydrogen-bond donors (Lipinski definition) is 0. The van der Waals surface area contributed by atoms with Gasteiger partial charge in [-0.05, 0) is 52.1 Å². The Labute approximate surface area is 121 Å². The van der Waals surface area contributed by atoms with Crippen molar-refractivity contribution in [2.24, 2.45) is 0 Å². The van der Waals surface area contributed by atoms with Gasteiger partial charge in [-0.15, -0.1) is 0 Å². The first-order chi connectivity index (χ1) is 9.88. The van der Waals surface area contributed by atoms with E-state index in [0.717, 1.165) is 0 Å². The highest BCUT2D eigenvalue weighted by Crippen LogP contribution is 2.27. The maximum atomic E-state index is 2.40. The van der Waals surface area contributed by atoms with Crippen molar-refractivity contribution in [2.45, 2.75) is 32.6 Å². The summed E-state index contributed by atoms with van der Waals surface area (Å²) in [6, 6.07) is 19.9. The zero-order valence-electron chi connectivity index (χ0n) is 12.1. The molecule has 0 nitrogen and oxygen atoms in total. The fourth-order valence-electron chi connectivity index (χ4n) is 2.82. The van der Waals surface area contributed by atoms with Crippen molar-refractivity contribution < 1.29 is 0 Å². The third-order valence-corrected chi connectivity index (χ3v) is 3.95. The van der Waals surface area contributed by atoms with E-state index < -0.39 is 0 Å². The lowest BCUT2D eigenvalue weighted by molar-refractivity contribution is 0.715. The fourth-order valence-corrected chi connectivity index (χ4v) is 2.82. The second-order valence-corrected chi connectivity index (χ2v) is 5.47. The molecule has 0 saturated carbocycles. The van der Waals surface area contributed by atoms with Crippen LogP contribution in [0.4, 0.5) is 0 Å². The molecule has 0 saturated heterocycles. The Morgan fingerprint density at radius 1 is 0.800 bits per heavy atom. The first-order valence-electron chi connectivity index (χ1n) is 7.63. The molecular formula is C20H21. The lowest BCUT2D eigenvalue weighted by Crippen LogP contribution is -1.86. The van der Waals surface area contributed by atoms with Crippen LogP contribution >= 0.6 is 0 Å². The number of unbranched alkanes of at least 4 members (excludes halogenated alkanes) is 3. The molecule has 0 aliphatic heterocycles. The first kappa shape index (κ1) is 13.2. The highest BCUT2D eigenvalue weighted by molar-refractivity contribution is 6.00. The van der Waals surface area contributed by atoms with E-state index in [4.69, 9.17) is 0 Å². The van der Waals surface area contributed by atoms with Crippen molar-refractivity contribution in [1.29, 1.82) is 0 Å². The van der Waals surface area contributed by atoms with Gasteiger partial charge in [0.1, 0.15) is 0 Å². The van der Waals surface area contributed by atoms with Crippen LogP contribution in [0.15, 0.2) is 54.6 Å². The van der Waals surface area contributed by atoms with E-state index >= 15 is 0 Å². The van der Waals surface area contributed by atoms with Gasteiger partial charge in [0.05, 0.1) is 0 Å². The molecule has 0 bridgehead atoms. The second kappa shape index (κ2) is 6.09. The third-order valence-electron chi connectivity index (χ3n) is 3.95. The van der Waals surface area contributed by atoms with E-state index in [1.54, 1.807) is 0 Å². The Morgan fingerprint density at radius 3 is 2.35 bits per heavy atom. The van der Waals surface area contributed by atoms with Crippen molar-refractivity contribution in [3.8, 4) is 0 Å². The molecule has 0 aliphatic carbocycles. The third kappa shape index (κ3) is 2.70. The Hall–Kier alpha value is -1.82. The average Bonchev–Trinajstić information content (AvgIpc) is 2.50. The lowest BCUT2D eigenvalue weighted by atomic mass is 9.96. The van der Waals surface area contributed by atoms with Gasteiger partial charge < -0.3 is 0 Å².